The van der Waals surface area contributed by atoms with Crippen molar-refractivity contribution in [1.29, 1.82) is 0 Å². The van der Waals surface area contributed by atoms with Gasteiger partial charge in [0.05, 0.1) is 13.2 Å². The Labute approximate surface area is 116 Å². The van der Waals surface area contributed by atoms with E-state index < -0.39 is 0 Å². The number of hydrogen-bond donors (Lipinski definition) is 2. The van der Waals surface area contributed by atoms with E-state index in [1.807, 2.05) is 0 Å². The number of rotatable bonds is 6. The molecule has 0 atom stereocenters. The Morgan fingerprint density at radius 3 is 2.74 bits per heavy atom. The van der Waals surface area contributed by atoms with E-state index in [1.54, 1.807) is 0 Å². The molecule has 2 saturated heterocycles. The van der Waals surface area contributed by atoms with Crippen molar-refractivity contribution in [1.82, 2.24) is 15.5 Å². The minimum atomic E-state index is 0.215. The van der Waals surface area contributed by atoms with Crippen molar-refractivity contribution < 1.29 is 9.53 Å². The molecule has 110 valence electrons. The summed E-state index contributed by atoms with van der Waals surface area (Å²) in [4.78, 5) is 14.1. The van der Waals surface area contributed by atoms with Crippen molar-refractivity contribution in [2.24, 2.45) is 5.92 Å². The molecular formula is C14H27N3O2. The highest BCUT2D eigenvalue weighted by molar-refractivity contribution is 5.75. The average Bonchev–Trinajstić information content (AvgIpc) is 2.47. The lowest BCUT2D eigenvalue weighted by atomic mass is 9.93. The smallest absolute Gasteiger partial charge is 0.220 e. The maximum Gasteiger partial charge on any atom is 0.220 e. The first-order chi connectivity index (χ1) is 9.34. The Morgan fingerprint density at radius 2 is 2.00 bits per heavy atom. The average molecular weight is 269 g/mol. The van der Waals surface area contributed by atoms with Crippen LogP contribution in [0, 0.1) is 5.92 Å². The van der Waals surface area contributed by atoms with Gasteiger partial charge in [0.25, 0.3) is 0 Å². The number of amides is 1. The molecule has 2 aliphatic rings. The minimum Gasteiger partial charge on any atom is -0.379 e. The second-order valence-electron chi connectivity index (χ2n) is 5.54. The fourth-order valence-electron chi connectivity index (χ4n) is 2.77. The summed E-state index contributed by atoms with van der Waals surface area (Å²) in [5.41, 5.74) is 0. The van der Waals surface area contributed by atoms with E-state index in [9.17, 15) is 4.79 Å². The zero-order chi connectivity index (χ0) is 13.3. The molecule has 0 bridgehead atoms. The lowest BCUT2D eigenvalue weighted by molar-refractivity contribution is -0.121. The number of carbonyl (C=O) groups is 1. The number of carbonyl (C=O) groups excluding carboxylic acids is 1. The molecule has 0 spiro atoms. The first kappa shape index (κ1) is 14.8. The van der Waals surface area contributed by atoms with E-state index in [0.717, 1.165) is 64.8 Å². The van der Waals surface area contributed by atoms with Gasteiger partial charge in [0.1, 0.15) is 0 Å². The fourth-order valence-corrected chi connectivity index (χ4v) is 2.77. The van der Waals surface area contributed by atoms with Gasteiger partial charge in [-0.05, 0) is 38.3 Å². The number of ether oxygens (including phenoxy) is 1. The van der Waals surface area contributed by atoms with Crippen LogP contribution in [-0.2, 0) is 9.53 Å². The topological polar surface area (TPSA) is 53.6 Å². The third kappa shape index (κ3) is 5.89. The van der Waals surface area contributed by atoms with Crippen LogP contribution < -0.4 is 10.6 Å². The normalized spacial score (nSPS) is 22.3. The van der Waals surface area contributed by atoms with Gasteiger partial charge in [-0.1, -0.05) is 0 Å². The molecule has 0 radical (unpaired) electrons. The summed E-state index contributed by atoms with van der Waals surface area (Å²) in [6, 6.07) is 0. The van der Waals surface area contributed by atoms with Crippen LogP contribution in [0.4, 0.5) is 0 Å². The van der Waals surface area contributed by atoms with Gasteiger partial charge in [-0.25, -0.2) is 0 Å². The van der Waals surface area contributed by atoms with Crippen molar-refractivity contribution in [2.45, 2.75) is 25.7 Å². The molecule has 0 unspecified atom stereocenters. The van der Waals surface area contributed by atoms with Gasteiger partial charge in [0.15, 0.2) is 0 Å². The molecule has 2 N–H and O–H groups in total. The maximum absolute atomic E-state index is 11.8. The Bertz CT molecular complexity index is 261. The lowest BCUT2D eigenvalue weighted by Gasteiger charge is -2.26. The number of morpholine rings is 1. The van der Waals surface area contributed by atoms with Crippen LogP contribution in [0.15, 0.2) is 0 Å². The molecular weight excluding hydrogens is 242 g/mol. The van der Waals surface area contributed by atoms with Gasteiger partial charge in [0, 0.05) is 32.6 Å². The van der Waals surface area contributed by atoms with Crippen molar-refractivity contribution in [3.05, 3.63) is 0 Å². The van der Waals surface area contributed by atoms with Crippen LogP contribution in [0.25, 0.3) is 0 Å². The predicted octanol–water partition coefficient (Wildman–Crippen LogP) is 0.215. The van der Waals surface area contributed by atoms with Gasteiger partial charge < -0.3 is 15.4 Å². The number of piperidine rings is 1. The van der Waals surface area contributed by atoms with Crippen LogP contribution in [0.2, 0.25) is 0 Å². The Morgan fingerprint density at radius 1 is 1.26 bits per heavy atom. The zero-order valence-corrected chi connectivity index (χ0v) is 11.8. The van der Waals surface area contributed by atoms with Crippen LogP contribution in [0.3, 0.4) is 0 Å². The van der Waals surface area contributed by atoms with Crippen molar-refractivity contribution in [3.63, 3.8) is 0 Å². The summed E-state index contributed by atoms with van der Waals surface area (Å²) in [6.07, 6.45) is 4.18. The number of hydrogen-bond acceptors (Lipinski definition) is 4. The van der Waals surface area contributed by atoms with E-state index >= 15 is 0 Å². The molecule has 2 rings (SSSR count). The maximum atomic E-state index is 11.8. The van der Waals surface area contributed by atoms with Gasteiger partial charge in [-0.15, -0.1) is 0 Å². The quantitative estimate of drug-likeness (QED) is 0.724. The molecule has 0 aromatic rings. The molecule has 0 saturated carbocycles. The highest BCUT2D eigenvalue weighted by Crippen LogP contribution is 2.17. The SMILES string of the molecule is O=C(CCC1CCNCC1)NCCN1CCOCC1. The summed E-state index contributed by atoms with van der Waals surface area (Å²) in [7, 11) is 0. The van der Waals surface area contributed by atoms with Crippen LogP contribution in [-0.4, -0.2) is 63.3 Å². The third-order valence-corrected chi connectivity index (χ3v) is 4.09. The van der Waals surface area contributed by atoms with Crippen LogP contribution in [0.5, 0.6) is 0 Å². The van der Waals surface area contributed by atoms with Crippen molar-refractivity contribution in [2.75, 3.05) is 52.5 Å². The van der Waals surface area contributed by atoms with Crippen LogP contribution in [0.1, 0.15) is 25.7 Å². The first-order valence-corrected chi connectivity index (χ1v) is 7.62. The number of nitrogens with zero attached hydrogens (tertiary/aromatic N) is 1. The van der Waals surface area contributed by atoms with Gasteiger partial charge in [0.2, 0.25) is 5.91 Å². The number of nitrogens with one attached hydrogen (secondary N) is 2. The van der Waals surface area contributed by atoms with Crippen molar-refractivity contribution in [3.8, 4) is 0 Å². The summed E-state index contributed by atoms with van der Waals surface area (Å²) in [5, 5.41) is 6.39. The molecule has 0 aromatic carbocycles. The zero-order valence-electron chi connectivity index (χ0n) is 11.8. The standard InChI is InChI=1S/C14H27N3O2/c18-14(2-1-13-3-5-15-6-4-13)16-7-8-17-9-11-19-12-10-17/h13,15H,1-12H2,(H,16,18). The molecule has 19 heavy (non-hydrogen) atoms. The highest BCUT2D eigenvalue weighted by Gasteiger charge is 2.14. The summed E-state index contributed by atoms with van der Waals surface area (Å²) in [6.45, 7) is 7.57. The Kier molecular flexibility index (Phi) is 6.61. The lowest BCUT2D eigenvalue weighted by Crippen LogP contribution is -2.41. The summed E-state index contributed by atoms with van der Waals surface area (Å²) < 4.78 is 5.30. The first-order valence-electron chi connectivity index (χ1n) is 7.62. The molecule has 2 fully saturated rings. The highest BCUT2D eigenvalue weighted by atomic mass is 16.5. The van der Waals surface area contributed by atoms with E-state index in [-0.39, 0.29) is 5.91 Å². The summed E-state index contributed by atoms with van der Waals surface area (Å²) in [5.74, 6) is 0.957. The van der Waals surface area contributed by atoms with E-state index in [2.05, 4.69) is 15.5 Å². The van der Waals surface area contributed by atoms with E-state index in [1.165, 1.54) is 12.8 Å². The van der Waals surface area contributed by atoms with E-state index in [4.69, 9.17) is 4.74 Å². The third-order valence-electron chi connectivity index (χ3n) is 4.09. The summed E-state index contributed by atoms with van der Waals surface area (Å²) >= 11 is 0. The molecule has 0 aromatic heterocycles. The molecule has 5 heteroatoms. The van der Waals surface area contributed by atoms with Gasteiger partial charge in [-0.2, -0.15) is 0 Å². The van der Waals surface area contributed by atoms with Gasteiger partial charge in [-0.3, -0.25) is 9.69 Å². The predicted molar refractivity (Wildman–Crippen MR) is 75.1 cm³/mol. The molecule has 2 aliphatic heterocycles. The second kappa shape index (κ2) is 8.51. The monoisotopic (exact) mass is 269 g/mol. The molecule has 5 nitrogen and oxygen atoms in total. The Balaban J connectivity index is 1.49. The molecule has 1 amide bonds. The van der Waals surface area contributed by atoms with Gasteiger partial charge >= 0.3 is 0 Å². The van der Waals surface area contributed by atoms with E-state index in [0.29, 0.717) is 6.42 Å². The molecule has 0 aliphatic carbocycles. The minimum absolute atomic E-state index is 0.215. The fraction of sp³-hybridized carbons (Fsp3) is 0.929. The second-order valence-corrected chi connectivity index (χ2v) is 5.54. The van der Waals surface area contributed by atoms with Crippen LogP contribution >= 0.6 is 0 Å². The Hall–Kier alpha value is -0.650. The molecule has 2 heterocycles. The van der Waals surface area contributed by atoms with Crippen molar-refractivity contribution >= 4 is 5.91 Å². The largest absolute Gasteiger partial charge is 0.379 e.